The summed E-state index contributed by atoms with van der Waals surface area (Å²) in [5.74, 6) is 0.129. The van der Waals surface area contributed by atoms with Crippen LogP contribution in [0.2, 0.25) is 0 Å². The SMILES string of the molecule is CC.CNC12C=CCC(/C(C)=C(/NC(O)c3ccc(C(C)(C)C)cc3)C(=O)Nc3cccc(SC)c3)=CC1C2.[HH]. The molecule has 4 N–H and O–H groups in total. The van der Waals surface area contributed by atoms with Gasteiger partial charge in [0.05, 0.1) is 0 Å². The van der Waals surface area contributed by atoms with E-state index in [4.69, 9.17) is 0 Å². The van der Waals surface area contributed by atoms with Gasteiger partial charge in [0.25, 0.3) is 5.91 Å². The van der Waals surface area contributed by atoms with Crippen LogP contribution in [0.5, 0.6) is 0 Å². The third kappa shape index (κ3) is 7.44. The number of benzene rings is 2. The number of carbonyl (C=O) groups excluding carboxylic acids is 1. The third-order valence-electron chi connectivity index (χ3n) is 7.46. The van der Waals surface area contributed by atoms with Crippen molar-refractivity contribution in [3.63, 3.8) is 0 Å². The van der Waals surface area contributed by atoms with Gasteiger partial charge in [0.1, 0.15) is 5.70 Å². The molecule has 0 radical (unpaired) electrons. The fraction of sp³-hybridized carbons (Fsp3) is 0.424. The van der Waals surface area contributed by atoms with E-state index in [1.165, 1.54) is 5.56 Å². The van der Waals surface area contributed by atoms with Crippen molar-refractivity contribution in [3.05, 3.63) is 94.7 Å². The molecule has 3 atom stereocenters. The second-order valence-electron chi connectivity index (χ2n) is 11.0. The first-order chi connectivity index (χ1) is 18.6. The van der Waals surface area contributed by atoms with Crippen molar-refractivity contribution >= 4 is 23.4 Å². The Morgan fingerprint density at radius 3 is 2.46 bits per heavy atom. The molecule has 1 saturated carbocycles. The van der Waals surface area contributed by atoms with Gasteiger partial charge in [-0.2, -0.15) is 0 Å². The molecule has 3 unspecified atom stereocenters. The van der Waals surface area contributed by atoms with Crippen LogP contribution in [0.1, 0.15) is 73.2 Å². The van der Waals surface area contributed by atoms with Crippen molar-refractivity contribution in [1.29, 1.82) is 0 Å². The second kappa shape index (κ2) is 13.0. The number of rotatable bonds is 8. The van der Waals surface area contributed by atoms with Crippen LogP contribution in [-0.4, -0.2) is 29.9 Å². The monoisotopic (exact) mass is 549 g/mol. The number of aliphatic hydroxyl groups excluding tert-OH is 1. The van der Waals surface area contributed by atoms with E-state index in [1.54, 1.807) is 11.8 Å². The molecule has 1 fully saturated rings. The number of allylic oxidation sites excluding steroid dienone is 3. The summed E-state index contributed by atoms with van der Waals surface area (Å²) in [6.07, 6.45) is 9.48. The standard InChI is InChI=1S/C31H39N3O2S.C2H6.H2/c1-20(22-9-8-16-31(32-5)19-24(31)17-22)27(29(36)33-25-10-7-11-26(18-25)37-6)34-28(35)21-12-14-23(15-13-21)30(2,3)4;1-2;/h7-8,10-18,24,28,32,34-35H,9,19H2,1-6H3,(H,33,36);1-2H3;1H/b27-20+;;. The van der Waals surface area contributed by atoms with Gasteiger partial charge < -0.3 is 21.1 Å². The van der Waals surface area contributed by atoms with Crippen molar-refractivity contribution in [3.8, 4) is 0 Å². The summed E-state index contributed by atoms with van der Waals surface area (Å²) >= 11 is 1.63. The number of carbonyl (C=O) groups is 1. The summed E-state index contributed by atoms with van der Waals surface area (Å²) in [4.78, 5) is 14.7. The summed E-state index contributed by atoms with van der Waals surface area (Å²) in [5, 5.41) is 20.8. The van der Waals surface area contributed by atoms with E-state index < -0.39 is 6.23 Å². The molecular formula is C33H47N3O2S. The maximum absolute atomic E-state index is 13.6. The predicted octanol–water partition coefficient (Wildman–Crippen LogP) is 7.34. The first-order valence-electron chi connectivity index (χ1n) is 13.9. The Bertz CT molecular complexity index is 1250. The summed E-state index contributed by atoms with van der Waals surface area (Å²) in [6, 6.07) is 15.7. The van der Waals surface area contributed by atoms with Crippen LogP contribution in [0, 0.1) is 5.92 Å². The molecule has 212 valence electrons. The van der Waals surface area contributed by atoms with Crippen LogP contribution in [0.4, 0.5) is 5.69 Å². The van der Waals surface area contributed by atoms with Gasteiger partial charge in [-0.25, -0.2) is 0 Å². The fourth-order valence-electron chi connectivity index (χ4n) is 4.84. The van der Waals surface area contributed by atoms with Crippen molar-refractivity contribution in [2.24, 2.45) is 5.92 Å². The second-order valence-corrected chi connectivity index (χ2v) is 11.9. The Balaban J connectivity index is 0.00000183. The molecular weight excluding hydrogens is 502 g/mol. The lowest BCUT2D eigenvalue weighted by Crippen LogP contribution is -2.31. The van der Waals surface area contributed by atoms with Gasteiger partial charge in [-0.15, -0.1) is 11.8 Å². The largest absolute Gasteiger partial charge is 0.369 e. The average Bonchev–Trinajstić information content (AvgIpc) is 3.66. The van der Waals surface area contributed by atoms with Gasteiger partial charge in [0, 0.05) is 29.0 Å². The molecule has 2 aromatic carbocycles. The first-order valence-corrected chi connectivity index (χ1v) is 15.1. The van der Waals surface area contributed by atoms with E-state index in [1.807, 2.05) is 82.6 Å². The van der Waals surface area contributed by atoms with Crippen molar-refractivity contribution < 1.29 is 11.3 Å². The lowest BCUT2D eigenvalue weighted by molar-refractivity contribution is -0.113. The van der Waals surface area contributed by atoms with E-state index >= 15 is 0 Å². The minimum atomic E-state index is -1.03. The van der Waals surface area contributed by atoms with E-state index in [0.717, 1.165) is 34.6 Å². The molecule has 2 aliphatic rings. The van der Waals surface area contributed by atoms with Crippen LogP contribution in [0.15, 0.2) is 88.5 Å². The van der Waals surface area contributed by atoms with E-state index in [9.17, 15) is 9.90 Å². The first kappa shape index (κ1) is 30.7. The number of thioether (sulfide) groups is 1. The molecule has 39 heavy (non-hydrogen) atoms. The Morgan fingerprint density at radius 2 is 1.85 bits per heavy atom. The Morgan fingerprint density at radius 1 is 1.15 bits per heavy atom. The van der Waals surface area contributed by atoms with Crippen LogP contribution >= 0.6 is 11.8 Å². The highest BCUT2D eigenvalue weighted by molar-refractivity contribution is 7.98. The Kier molecular flexibility index (Phi) is 10.3. The predicted molar refractivity (Wildman–Crippen MR) is 168 cm³/mol. The summed E-state index contributed by atoms with van der Waals surface area (Å²) in [5.41, 5.74) is 4.99. The van der Waals surface area contributed by atoms with Gasteiger partial charge in [-0.1, -0.05) is 83.2 Å². The van der Waals surface area contributed by atoms with Crippen LogP contribution in [0.25, 0.3) is 0 Å². The minimum Gasteiger partial charge on any atom is -0.369 e. The van der Waals surface area contributed by atoms with Gasteiger partial charge in [0.2, 0.25) is 0 Å². The van der Waals surface area contributed by atoms with Gasteiger partial charge in [-0.05, 0) is 73.4 Å². The number of anilines is 1. The van der Waals surface area contributed by atoms with Crippen LogP contribution in [0.3, 0.4) is 0 Å². The maximum Gasteiger partial charge on any atom is 0.272 e. The van der Waals surface area contributed by atoms with E-state index in [-0.39, 0.29) is 18.3 Å². The zero-order valence-corrected chi connectivity index (χ0v) is 25.5. The normalized spacial score (nSPS) is 21.3. The third-order valence-corrected chi connectivity index (χ3v) is 8.19. The maximum atomic E-state index is 13.6. The van der Waals surface area contributed by atoms with Gasteiger partial charge in [-0.3, -0.25) is 4.79 Å². The van der Waals surface area contributed by atoms with Crippen LogP contribution in [-0.2, 0) is 10.2 Å². The molecule has 0 bridgehead atoms. The quantitative estimate of drug-likeness (QED) is 0.120. The fourth-order valence-corrected chi connectivity index (χ4v) is 5.30. The summed E-state index contributed by atoms with van der Waals surface area (Å²) in [6.45, 7) is 12.4. The van der Waals surface area contributed by atoms with Crippen molar-refractivity contribution in [2.75, 3.05) is 18.6 Å². The molecule has 6 heteroatoms. The number of hydrogen-bond acceptors (Lipinski definition) is 5. The van der Waals surface area contributed by atoms with Crippen LogP contribution < -0.4 is 16.0 Å². The van der Waals surface area contributed by atoms with E-state index in [2.05, 4.69) is 54.9 Å². The molecule has 0 spiro atoms. The molecule has 2 aromatic rings. The summed E-state index contributed by atoms with van der Waals surface area (Å²) in [7, 11) is 2.00. The van der Waals surface area contributed by atoms with Gasteiger partial charge in [0.15, 0.2) is 6.23 Å². The minimum absolute atomic E-state index is 0. The summed E-state index contributed by atoms with van der Waals surface area (Å²) < 4.78 is 0. The zero-order chi connectivity index (χ0) is 28.8. The topological polar surface area (TPSA) is 73.4 Å². The average molecular weight is 550 g/mol. The molecule has 2 aliphatic carbocycles. The molecule has 0 aromatic heterocycles. The molecule has 1 amide bonds. The lowest BCUT2D eigenvalue weighted by atomic mass is 9.86. The highest BCUT2D eigenvalue weighted by Gasteiger charge is 2.50. The molecule has 0 saturated heterocycles. The molecule has 0 heterocycles. The smallest absolute Gasteiger partial charge is 0.272 e. The molecule has 4 rings (SSSR count). The number of fused-ring (bicyclic) bond motifs is 1. The van der Waals surface area contributed by atoms with Crippen molar-refractivity contribution in [2.45, 2.75) is 76.5 Å². The lowest BCUT2D eigenvalue weighted by Gasteiger charge is -2.22. The van der Waals surface area contributed by atoms with Gasteiger partial charge >= 0.3 is 0 Å². The Hall–Kier alpha value is -2.80. The highest BCUT2D eigenvalue weighted by Crippen LogP contribution is 2.48. The van der Waals surface area contributed by atoms with Crippen molar-refractivity contribution in [1.82, 2.24) is 10.6 Å². The molecule has 5 nitrogen and oxygen atoms in total. The number of aliphatic hydroxyl groups is 1. The van der Waals surface area contributed by atoms with E-state index in [0.29, 0.717) is 17.2 Å². The molecule has 0 aliphatic heterocycles. The number of hydrogen-bond donors (Lipinski definition) is 4. The highest BCUT2D eigenvalue weighted by atomic mass is 32.2. The zero-order valence-electron chi connectivity index (χ0n) is 24.7. The number of likely N-dealkylation sites (N-methyl/N-ethyl adjacent to an activating group) is 1. The Labute approximate surface area is 240 Å². The number of nitrogens with one attached hydrogen (secondary N) is 3. The number of amides is 1.